The smallest absolute Gasteiger partial charge is 0.0575 e. The van der Waals surface area contributed by atoms with Gasteiger partial charge in [-0.25, -0.2) is 0 Å². The molecule has 1 aliphatic heterocycles. The number of nitrogens with two attached hydrogens (primary N) is 1. The van der Waals surface area contributed by atoms with E-state index >= 15 is 0 Å². The second-order valence-corrected chi connectivity index (χ2v) is 4.71. The van der Waals surface area contributed by atoms with Crippen LogP contribution in [0.1, 0.15) is 12.0 Å². The molecule has 0 spiro atoms. The molecule has 0 aliphatic carbocycles. The Morgan fingerprint density at radius 3 is 2.93 bits per heavy atom. The van der Waals surface area contributed by atoms with Crippen LogP contribution in [0.2, 0.25) is 0 Å². The van der Waals surface area contributed by atoms with Gasteiger partial charge in [-0.15, -0.1) is 0 Å². The van der Waals surface area contributed by atoms with E-state index in [4.69, 9.17) is 10.5 Å². The van der Waals surface area contributed by atoms with Gasteiger partial charge in [0.05, 0.1) is 6.61 Å². The molecular formula is C11H14BrNO. The molecule has 0 saturated carbocycles. The minimum Gasteiger partial charge on any atom is -0.380 e. The van der Waals surface area contributed by atoms with E-state index in [9.17, 15) is 0 Å². The first-order valence-electron chi connectivity index (χ1n) is 4.81. The Morgan fingerprint density at radius 2 is 2.36 bits per heavy atom. The summed E-state index contributed by atoms with van der Waals surface area (Å²) in [6.07, 6.45) is 1.03. The monoisotopic (exact) mass is 255 g/mol. The Bertz CT molecular complexity index is 321. The fraction of sp³-hybridized carbons (Fsp3) is 0.455. The molecule has 1 unspecified atom stereocenters. The largest absolute Gasteiger partial charge is 0.380 e. The Balaban J connectivity index is 2.35. The van der Waals surface area contributed by atoms with Crippen LogP contribution in [0.4, 0.5) is 0 Å². The summed E-state index contributed by atoms with van der Waals surface area (Å²) in [5.41, 5.74) is 7.19. The highest BCUT2D eigenvalue weighted by atomic mass is 79.9. The maximum Gasteiger partial charge on any atom is 0.0575 e. The number of rotatable bonds is 2. The second kappa shape index (κ2) is 4.01. The predicted octanol–water partition coefficient (Wildman–Crippen LogP) is 2.07. The first kappa shape index (κ1) is 10.1. The molecule has 2 nitrogen and oxygen atoms in total. The van der Waals surface area contributed by atoms with E-state index < -0.39 is 0 Å². The van der Waals surface area contributed by atoms with Crippen LogP contribution in [0.5, 0.6) is 0 Å². The lowest BCUT2D eigenvalue weighted by Gasteiger charge is -2.26. The summed E-state index contributed by atoms with van der Waals surface area (Å²) < 4.78 is 6.56. The first-order valence-corrected chi connectivity index (χ1v) is 5.60. The van der Waals surface area contributed by atoms with Crippen molar-refractivity contribution in [3.63, 3.8) is 0 Å². The number of halogens is 1. The molecule has 1 aliphatic rings. The zero-order chi connectivity index (χ0) is 10.0. The molecule has 1 aromatic rings. The van der Waals surface area contributed by atoms with Gasteiger partial charge < -0.3 is 10.5 Å². The summed E-state index contributed by atoms with van der Waals surface area (Å²) in [7, 11) is 0. The van der Waals surface area contributed by atoms with Crippen molar-refractivity contribution >= 4 is 15.9 Å². The van der Waals surface area contributed by atoms with Gasteiger partial charge in [-0.3, -0.25) is 0 Å². The van der Waals surface area contributed by atoms with Crippen LogP contribution in [0.25, 0.3) is 0 Å². The standard InChI is InChI=1S/C11H14BrNO/c12-10-3-1-2-9(6-10)11(7-13)4-5-14-8-11/h1-3,6H,4-5,7-8,13H2. The number of hydrogen-bond acceptors (Lipinski definition) is 2. The molecule has 2 rings (SSSR count). The highest BCUT2D eigenvalue weighted by Gasteiger charge is 2.35. The average Bonchev–Trinajstić information content (AvgIpc) is 2.67. The van der Waals surface area contributed by atoms with Gasteiger partial charge in [-0.2, -0.15) is 0 Å². The summed E-state index contributed by atoms with van der Waals surface area (Å²) >= 11 is 3.48. The molecule has 1 saturated heterocycles. The minimum atomic E-state index is 0.0454. The van der Waals surface area contributed by atoms with Crippen LogP contribution in [0.15, 0.2) is 28.7 Å². The van der Waals surface area contributed by atoms with Crippen molar-refractivity contribution in [1.29, 1.82) is 0 Å². The van der Waals surface area contributed by atoms with Gasteiger partial charge in [0.1, 0.15) is 0 Å². The molecule has 1 aromatic carbocycles. The molecule has 1 heterocycles. The topological polar surface area (TPSA) is 35.2 Å². The molecule has 0 bridgehead atoms. The van der Waals surface area contributed by atoms with E-state index in [0.29, 0.717) is 6.54 Å². The van der Waals surface area contributed by atoms with Crippen molar-refractivity contribution in [2.24, 2.45) is 5.73 Å². The quantitative estimate of drug-likeness (QED) is 0.879. The molecule has 0 amide bonds. The fourth-order valence-electron chi connectivity index (χ4n) is 1.93. The maximum absolute atomic E-state index is 5.86. The van der Waals surface area contributed by atoms with Crippen LogP contribution >= 0.6 is 15.9 Å². The molecule has 0 aromatic heterocycles. The molecular weight excluding hydrogens is 242 g/mol. The third kappa shape index (κ3) is 1.72. The van der Waals surface area contributed by atoms with Gasteiger partial charge in [0.2, 0.25) is 0 Å². The minimum absolute atomic E-state index is 0.0454. The highest BCUT2D eigenvalue weighted by molar-refractivity contribution is 9.10. The third-order valence-corrected chi connectivity index (χ3v) is 3.42. The van der Waals surface area contributed by atoms with Gasteiger partial charge >= 0.3 is 0 Å². The van der Waals surface area contributed by atoms with Crippen molar-refractivity contribution < 1.29 is 4.74 Å². The molecule has 14 heavy (non-hydrogen) atoms. The fourth-order valence-corrected chi connectivity index (χ4v) is 2.33. The third-order valence-electron chi connectivity index (χ3n) is 2.93. The number of ether oxygens (including phenoxy) is 1. The van der Waals surface area contributed by atoms with Crippen LogP contribution in [0, 0.1) is 0 Å². The lowest BCUT2D eigenvalue weighted by atomic mass is 9.80. The highest BCUT2D eigenvalue weighted by Crippen LogP contribution is 2.33. The van der Waals surface area contributed by atoms with Crippen LogP contribution < -0.4 is 5.73 Å². The normalized spacial score (nSPS) is 26.7. The zero-order valence-corrected chi connectivity index (χ0v) is 9.59. The van der Waals surface area contributed by atoms with E-state index in [1.807, 2.05) is 6.07 Å². The lowest BCUT2D eigenvalue weighted by Crippen LogP contribution is -2.35. The van der Waals surface area contributed by atoms with Crippen LogP contribution in [0.3, 0.4) is 0 Å². The van der Waals surface area contributed by atoms with Crippen molar-refractivity contribution in [2.75, 3.05) is 19.8 Å². The Hall–Kier alpha value is -0.380. The van der Waals surface area contributed by atoms with E-state index in [-0.39, 0.29) is 5.41 Å². The maximum atomic E-state index is 5.86. The van der Waals surface area contributed by atoms with Crippen LogP contribution in [-0.4, -0.2) is 19.8 Å². The summed E-state index contributed by atoms with van der Waals surface area (Å²) in [6.45, 7) is 2.23. The molecule has 76 valence electrons. The van der Waals surface area contributed by atoms with E-state index in [0.717, 1.165) is 24.1 Å². The van der Waals surface area contributed by atoms with Gasteiger partial charge in [-0.1, -0.05) is 28.1 Å². The Labute approximate surface area is 92.6 Å². The SMILES string of the molecule is NCC1(c2cccc(Br)c2)CCOC1. The summed E-state index contributed by atoms with van der Waals surface area (Å²) in [4.78, 5) is 0. The van der Waals surface area contributed by atoms with Gasteiger partial charge in [0.15, 0.2) is 0 Å². The number of benzene rings is 1. The molecule has 3 heteroatoms. The second-order valence-electron chi connectivity index (χ2n) is 3.80. The Kier molecular flexibility index (Phi) is 2.91. The van der Waals surface area contributed by atoms with Crippen molar-refractivity contribution in [2.45, 2.75) is 11.8 Å². The van der Waals surface area contributed by atoms with Crippen molar-refractivity contribution in [1.82, 2.24) is 0 Å². The molecule has 0 radical (unpaired) electrons. The predicted molar refractivity (Wildman–Crippen MR) is 60.3 cm³/mol. The van der Waals surface area contributed by atoms with Crippen molar-refractivity contribution in [3.05, 3.63) is 34.3 Å². The zero-order valence-electron chi connectivity index (χ0n) is 8.00. The van der Waals surface area contributed by atoms with Gasteiger partial charge in [0.25, 0.3) is 0 Å². The van der Waals surface area contributed by atoms with E-state index in [2.05, 4.69) is 34.1 Å². The summed E-state index contributed by atoms with van der Waals surface area (Å²) in [5.74, 6) is 0. The first-order chi connectivity index (χ1) is 6.77. The molecule has 1 atom stereocenters. The van der Waals surface area contributed by atoms with Crippen molar-refractivity contribution in [3.8, 4) is 0 Å². The van der Waals surface area contributed by atoms with E-state index in [1.165, 1.54) is 5.56 Å². The van der Waals surface area contributed by atoms with Crippen LogP contribution in [-0.2, 0) is 10.2 Å². The van der Waals surface area contributed by atoms with Gasteiger partial charge in [0, 0.05) is 23.0 Å². The summed E-state index contributed by atoms with van der Waals surface area (Å²) in [5, 5.41) is 0. The molecule has 2 N–H and O–H groups in total. The van der Waals surface area contributed by atoms with E-state index in [1.54, 1.807) is 0 Å². The molecule has 1 fully saturated rings. The average molecular weight is 256 g/mol. The lowest BCUT2D eigenvalue weighted by molar-refractivity contribution is 0.178. The number of hydrogen-bond donors (Lipinski definition) is 1. The van der Waals surface area contributed by atoms with Gasteiger partial charge in [-0.05, 0) is 24.1 Å². The Morgan fingerprint density at radius 1 is 1.50 bits per heavy atom. The summed E-state index contributed by atoms with van der Waals surface area (Å²) in [6, 6.07) is 8.35.